The second kappa shape index (κ2) is 10.6. The molecule has 4 rings (SSSR count). The largest absolute Gasteiger partial charge is 0.326 e. The maximum absolute atomic E-state index is 12.6. The lowest BCUT2D eigenvalue weighted by molar-refractivity contribution is -0.115. The Morgan fingerprint density at radius 3 is 2.36 bits per heavy atom. The number of sulfonamides is 1. The van der Waals surface area contributed by atoms with Gasteiger partial charge in [-0.05, 0) is 68.3 Å². The van der Waals surface area contributed by atoms with E-state index in [2.05, 4.69) is 52.8 Å². The molecule has 0 saturated heterocycles. The number of thioether (sulfide) groups is 1. The van der Waals surface area contributed by atoms with Crippen LogP contribution in [0.5, 0.6) is 0 Å². The summed E-state index contributed by atoms with van der Waals surface area (Å²) in [5.74, 6) is 0.379. The lowest BCUT2D eigenvalue weighted by Gasteiger charge is -2.18. The van der Waals surface area contributed by atoms with Gasteiger partial charge >= 0.3 is 0 Å². The lowest BCUT2D eigenvalue weighted by atomic mass is 10.0. The molecule has 0 radical (unpaired) electrons. The quantitative estimate of drug-likeness (QED) is 0.310. The van der Waals surface area contributed by atoms with Crippen molar-refractivity contribution in [1.29, 1.82) is 0 Å². The normalized spacial score (nSPS) is 12.1. The Balaban J connectivity index is 1.43. The number of rotatable bonds is 9. The number of amides is 1. The van der Waals surface area contributed by atoms with Gasteiger partial charge in [-0.25, -0.2) is 8.42 Å². The Kier molecular flexibility index (Phi) is 7.67. The van der Waals surface area contributed by atoms with E-state index in [9.17, 15) is 13.2 Å². The summed E-state index contributed by atoms with van der Waals surface area (Å²) < 4.78 is 28.7. The van der Waals surface area contributed by atoms with Crippen LogP contribution in [0.2, 0.25) is 0 Å². The molecule has 0 unspecified atom stereocenters. The van der Waals surface area contributed by atoms with E-state index >= 15 is 0 Å². The molecule has 2 heterocycles. The summed E-state index contributed by atoms with van der Waals surface area (Å²) in [7, 11) is -3.53. The molecule has 0 atom stereocenters. The number of hydrogen-bond acceptors (Lipinski definition) is 6. The highest BCUT2D eigenvalue weighted by molar-refractivity contribution is 7.99. The van der Waals surface area contributed by atoms with Gasteiger partial charge in [0.05, 0.1) is 10.4 Å². The van der Waals surface area contributed by atoms with E-state index in [-0.39, 0.29) is 17.2 Å². The number of hydrogen-bond donors (Lipinski definition) is 1. The van der Waals surface area contributed by atoms with Crippen molar-refractivity contribution in [3.05, 3.63) is 59.2 Å². The molecule has 1 N–H and O–H groups in total. The first kappa shape index (κ1) is 26.1. The van der Waals surface area contributed by atoms with Crippen LogP contribution in [0.4, 0.5) is 5.69 Å². The second-order valence-corrected chi connectivity index (χ2v) is 11.7. The standard InChI is InChI=1S/C26H31N5O3S2/c1-6-30(7-2)36(33,34)21-10-8-20(9-11-21)27-24(32)12-13-35-26-29-28-23-16-18(4)22-15-17(3)14-19(5)25(22)31(23)26/h8-11,14-16H,6-7,12-13H2,1-5H3,(H,27,32). The van der Waals surface area contributed by atoms with Crippen molar-refractivity contribution in [1.82, 2.24) is 18.9 Å². The number of fused-ring (bicyclic) bond motifs is 3. The lowest BCUT2D eigenvalue weighted by Crippen LogP contribution is -2.30. The smallest absolute Gasteiger partial charge is 0.243 e. The average molecular weight is 526 g/mol. The molecular formula is C26H31N5O3S2. The molecule has 10 heteroatoms. The van der Waals surface area contributed by atoms with Gasteiger partial charge in [-0.1, -0.05) is 37.2 Å². The molecule has 0 aliphatic heterocycles. The SMILES string of the molecule is CCN(CC)S(=O)(=O)c1ccc(NC(=O)CCSc2nnc3cc(C)c4cc(C)cc(C)c4n23)cc1. The zero-order valence-electron chi connectivity index (χ0n) is 21.2. The summed E-state index contributed by atoms with van der Waals surface area (Å²) in [5.41, 5.74) is 5.96. The number of carbonyl (C=O) groups is 1. The van der Waals surface area contributed by atoms with Crippen LogP contribution < -0.4 is 5.32 Å². The van der Waals surface area contributed by atoms with Gasteiger partial charge in [0, 0.05) is 36.3 Å². The summed E-state index contributed by atoms with van der Waals surface area (Å²) in [6.07, 6.45) is 0.279. The number of benzene rings is 2. The van der Waals surface area contributed by atoms with E-state index < -0.39 is 10.0 Å². The minimum absolute atomic E-state index is 0.150. The first-order valence-corrected chi connectivity index (χ1v) is 14.4. The van der Waals surface area contributed by atoms with E-state index in [1.807, 2.05) is 19.9 Å². The first-order chi connectivity index (χ1) is 17.1. The minimum atomic E-state index is -3.53. The maximum Gasteiger partial charge on any atom is 0.243 e. The third-order valence-electron chi connectivity index (χ3n) is 6.14. The predicted molar refractivity (Wildman–Crippen MR) is 145 cm³/mol. The number of aromatic nitrogens is 3. The molecule has 4 aromatic rings. The second-order valence-electron chi connectivity index (χ2n) is 8.74. The summed E-state index contributed by atoms with van der Waals surface area (Å²) >= 11 is 1.49. The Bertz CT molecular complexity index is 1530. The van der Waals surface area contributed by atoms with Crippen molar-refractivity contribution in [2.45, 2.75) is 51.1 Å². The van der Waals surface area contributed by atoms with Gasteiger partial charge in [0.15, 0.2) is 10.8 Å². The number of aryl methyl sites for hydroxylation is 3. The zero-order valence-corrected chi connectivity index (χ0v) is 22.8. The molecule has 0 spiro atoms. The molecule has 1 amide bonds. The van der Waals surface area contributed by atoms with Gasteiger partial charge in [-0.15, -0.1) is 10.2 Å². The van der Waals surface area contributed by atoms with Crippen LogP contribution in [0.1, 0.15) is 37.0 Å². The van der Waals surface area contributed by atoms with E-state index in [4.69, 9.17) is 0 Å². The van der Waals surface area contributed by atoms with Crippen LogP contribution in [0, 0.1) is 20.8 Å². The summed E-state index contributed by atoms with van der Waals surface area (Å²) in [5, 5.41) is 13.5. The summed E-state index contributed by atoms with van der Waals surface area (Å²) in [6.45, 7) is 10.7. The van der Waals surface area contributed by atoms with Gasteiger partial charge in [-0.2, -0.15) is 4.31 Å². The molecule has 36 heavy (non-hydrogen) atoms. The molecule has 0 aliphatic rings. The molecule has 190 valence electrons. The molecule has 8 nitrogen and oxygen atoms in total. The molecule has 2 aromatic carbocycles. The molecule has 0 fully saturated rings. The van der Waals surface area contributed by atoms with Crippen LogP contribution in [-0.4, -0.2) is 52.1 Å². The molecule has 0 bridgehead atoms. The monoisotopic (exact) mass is 525 g/mol. The van der Waals surface area contributed by atoms with E-state index in [0.717, 1.165) is 27.4 Å². The Morgan fingerprint density at radius 2 is 1.69 bits per heavy atom. The highest BCUT2D eigenvalue weighted by Gasteiger charge is 2.21. The molecule has 0 aliphatic carbocycles. The van der Waals surface area contributed by atoms with Gasteiger partial charge in [0.1, 0.15) is 0 Å². The van der Waals surface area contributed by atoms with Crippen molar-refractivity contribution >= 4 is 49.9 Å². The molecule has 0 saturated carbocycles. The number of carbonyl (C=O) groups excluding carboxylic acids is 1. The highest BCUT2D eigenvalue weighted by atomic mass is 32.2. The van der Waals surface area contributed by atoms with Gasteiger partial charge < -0.3 is 5.32 Å². The third-order valence-corrected chi connectivity index (χ3v) is 9.13. The van der Waals surface area contributed by atoms with E-state index in [1.165, 1.54) is 39.1 Å². The van der Waals surface area contributed by atoms with Crippen molar-refractivity contribution in [2.75, 3.05) is 24.2 Å². The molecular weight excluding hydrogens is 494 g/mol. The van der Waals surface area contributed by atoms with Gasteiger partial charge in [0.25, 0.3) is 0 Å². The van der Waals surface area contributed by atoms with Crippen molar-refractivity contribution in [3.8, 4) is 0 Å². The fourth-order valence-electron chi connectivity index (χ4n) is 4.39. The zero-order chi connectivity index (χ0) is 26.0. The summed E-state index contributed by atoms with van der Waals surface area (Å²) in [4.78, 5) is 12.8. The van der Waals surface area contributed by atoms with Crippen molar-refractivity contribution in [3.63, 3.8) is 0 Å². The topological polar surface area (TPSA) is 96.7 Å². The minimum Gasteiger partial charge on any atom is -0.326 e. The highest BCUT2D eigenvalue weighted by Crippen LogP contribution is 2.29. The predicted octanol–water partition coefficient (Wildman–Crippen LogP) is 4.96. The van der Waals surface area contributed by atoms with Gasteiger partial charge in [0.2, 0.25) is 15.9 Å². The number of pyridine rings is 1. The summed E-state index contributed by atoms with van der Waals surface area (Å²) in [6, 6.07) is 12.7. The van der Waals surface area contributed by atoms with Crippen LogP contribution >= 0.6 is 11.8 Å². The van der Waals surface area contributed by atoms with Crippen molar-refractivity contribution < 1.29 is 13.2 Å². The van der Waals surface area contributed by atoms with Gasteiger partial charge in [-0.3, -0.25) is 9.20 Å². The van der Waals surface area contributed by atoms with E-state index in [0.29, 0.717) is 24.5 Å². The fraction of sp³-hybridized carbons (Fsp3) is 0.346. The van der Waals surface area contributed by atoms with Crippen LogP contribution in [0.3, 0.4) is 0 Å². The van der Waals surface area contributed by atoms with Crippen molar-refractivity contribution in [2.24, 2.45) is 0 Å². The fourth-order valence-corrected chi connectivity index (χ4v) is 6.73. The van der Waals surface area contributed by atoms with E-state index in [1.54, 1.807) is 12.1 Å². The first-order valence-electron chi connectivity index (χ1n) is 11.9. The van der Waals surface area contributed by atoms with Crippen LogP contribution in [-0.2, 0) is 14.8 Å². The number of nitrogens with one attached hydrogen (secondary N) is 1. The Morgan fingerprint density at radius 1 is 1.00 bits per heavy atom. The number of anilines is 1. The average Bonchev–Trinajstić information content (AvgIpc) is 3.22. The van der Waals surface area contributed by atoms with Crippen LogP contribution in [0.25, 0.3) is 16.6 Å². The van der Waals surface area contributed by atoms with Crippen LogP contribution in [0.15, 0.2) is 52.5 Å². The molecule has 2 aromatic heterocycles. The Hall–Kier alpha value is -2.95. The Labute approximate surface area is 216 Å². The number of nitrogens with zero attached hydrogens (tertiary/aromatic N) is 4. The maximum atomic E-state index is 12.6. The third kappa shape index (κ3) is 5.11.